The Bertz CT molecular complexity index is 606. The molecule has 0 N–H and O–H groups in total. The van der Waals surface area contributed by atoms with E-state index in [1.807, 2.05) is 69.3 Å². The van der Waals surface area contributed by atoms with E-state index >= 15 is 0 Å². The third kappa shape index (κ3) is 4.35. The second-order valence-corrected chi connectivity index (χ2v) is 4.84. The van der Waals surface area contributed by atoms with Gasteiger partial charge in [-0.2, -0.15) is 10.2 Å². The van der Waals surface area contributed by atoms with E-state index in [0.29, 0.717) is 0 Å². The van der Waals surface area contributed by atoms with Crippen LogP contribution in [0.5, 0.6) is 5.75 Å². The Balaban J connectivity index is 2.03. The van der Waals surface area contributed by atoms with Crippen molar-refractivity contribution in [1.29, 1.82) is 0 Å². The van der Waals surface area contributed by atoms with Gasteiger partial charge in [0, 0.05) is 0 Å². The Morgan fingerprint density at radius 1 is 0.850 bits per heavy atom. The average Bonchev–Trinajstić information content (AvgIpc) is 2.45. The van der Waals surface area contributed by atoms with E-state index in [1.54, 1.807) is 6.26 Å². The molecule has 0 aliphatic carbocycles. The molecule has 0 spiro atoms. The molecule has 0 aliphatic heterocycles. The summed E-state index contributed by atoms with van der Waals surface area (Å²) >= 11 is 0. The molecule has 3 nitrogen and oxygen atoms in total. The van der Waals surface area contributed by atoms with Crippen LogP contribution in [0.2, 0.25) is 0 Å². The van der Waals surface area contributed by atoms with Crippen LogP contribution < -0.4 is 4.74 Å². The molecule has 0 aromatic heterocycles. The lowest BCUT2D eigenvalue weighted by Crippen LogP contribution is -1.82. The lowest BCUT2D eigenvalue weighted by Gasteiger charge is -2.00. The molecule has 3 heteroatoms. The number of hydrogen-bond acceptors (Lipinski definition) is 3. The van der Waals surface area contributed by atoms with Gasteiger partial charge in [0.1, 0.15) is 5.75 Å². The second-order valence-electron chi connectivity index (χ2n) is 4.84. The van der Waals surface area contributed by atoms with E-state index in [-0.39, 0.29) is 0 Å². The van der Waals surface area contributed by atoms with Gasteiger partial charge in [-0.1, -0.05) is 17.7 Å². The number of azo groups is 1. The van der Waals surface area contributed by atoms with Crippen LogP contribution in [0.15, 0.2) is 70.6 Å². The summed E-state index contributed by atoms with van der Waals surface area (Å²) < 4.78 is 5.46. The van der Waals surface area contributed by atoms with Crippen molar-refractivity contribution in [3.8, 4) is 5.75 Å². The van der Waals surface area contributed by atoms with Crippen molar-refractivity contribution < 1.29 is 4.74 Å². The van der Waals surface area contributed by atoms with E-state index in [9.17, 15) is 0 Å². The van der Waals surface area contributed by atoms with Gasteiger partial charge < -0.3 is 4.74 Å². The maximum atomic E-state index is 5.46. The van der Waals surface area contributed by atoms with Crippen molar-refractivity contribution in [3.63, 3.8) is 0 Å². The van der Waals surface area contributed by atoms with E-state index in [1.165, 1.54) is 5.56 Å². The van der Waals surface area contributed by atoms with Crippen molar-refractivity contribution >= 4 is 11.4 Å². The molecule has 0 saturated carbocycles. The molecule has 0 heterocycles. The van der Waals surface area contributed by atoms with Gasteiger partial charge in [0.2, 0.25) is 0 Å². The minimum absolute atomic E-state index is 0.792. The highest BCUT2D eigenvalue weighted by molar-refractivity contribution is 5.43. The van der Waals surface area contributed by atoms with Crippen molar-refractivity contribution in [2.24, 2.45) is 10.2 Å². The average molecular weight is 266 g/mol. The van der Waals surface area contributed by atoms with Gasteiger partial charge in [-0.15, -0.1) is 0 Å². The summed E-state index contributed by atoms with van der Waals surface area (Å²) in [5, 5.41) is 8.39. The molecular formula is C17H18N2O. The molecule has 102 valence electrons. The van der Waals surface area contributed by atoms with Crippen LogP contribution in [0, 0.1) is 6.92 Å². The van der Waals surface area contributed by atoms with Gasteiger partial charge in [-0.3, -0.25) is 0 Å². The van der Waals surface area contributed by atoms with Crippen LogP contribution in [0.1, 0.15) is 19.4 Å². The minimum Gasteiger partial charge on any atom is -0.465 e. The van der Waals surface area contributed by atoms with Crippen LogP contribution >= 0.6 is 0 Å². The van der Waals surface area contributed by atoms with Crippen LogP contribution in [0.25, 0.3) is 0 Å². The summed E-state index contributed by atoms with van der Waals surface area (Å²) in [6.07, 6.45) is 1.73. The van der Waals surface area contributed by atoms with E-state index in [2.05, 4.69) is 10.2 Å². The largest absolute Gasteiger partial charge is 0.465 e. The topological polar surface area (TPSA) is 34.0 Å². The Kier molecular flexibility index (Phi) is 4.66. The fourth-order valence-corrected chi connectivity index (χ4v) is 1.50. The van der Waals surface area contributed by atoms with Gasteiger partial charge in [-0.05, 0) is 62.7 Å². The van der Waals surface area contributed by atoms with Crippen molar-refractivity contribution in [1.82, 2.24) is 0 Å². The smallest absolute Gasteiger partial charge is 0.126 e. The first kappa shape index (κ1) is 14.0. The molecule has 0 saturated heterocycles. The molecule has 20 heavy (non-hydrogen) atoms. The van der Waals surface area contributed by atoms with Crippen molar-refractivity contribution in [3.05, 3.63) is 65.9 Å². The number of rotatable bonds is 4. The molecule has 0 atom stereocenters. The monoisotopic (exact) mass is 266 g/mol. The van der Waals surface area contributed by atoms with E-state index in [0.717, 1.165) is 22.7 Å². The molecule has 0 aliphatic rings. The first-order valence-corrected chi connectivity index (χ1v) is 6.52. The van der Waals surface area contributed by atoms with Gasteiger partial charge in [0.25, 0.3) is 0 Å². The molecule has 0 fully saturated rings. The van der Waals surface area contributed by atoms with Crippen LogP contribution in [-0.4, -0.2) is 0 Å². The molecule has 0 radical (unpaired) electrons. The van der Waals surface area contributed by atoms with Gasteiger partial charge >= 0.3 is 0 Å². The maximum Gasteiger partial charge on any atom is 0.126 e. The predicted octanol–water partition coefficient (Wildman–Crippen LogP) is 5.71. The maximum absolute atomic E-state index is 5.46. The van der Waals surface area contributed by atoms with Crippen LogP contribution in [0.3, 0.4) is 0 Å². The highest BCUT2D eigenvalue weighted by atomic mass is 16.5. The lowest BCUT2D eigenvalue weighted by molar-refractivity contribution is 0.476. The second kappa shape index (κ2) is 6.66. The molecule has 2 aromatic carbocycles. The number of ether oxygens (including phenoxy) is 1. The van der Waals surface area contributed by atoms with E-state index < -0.39 is 0 Å². The minimum atomic E-state index is 0.792. The number of allylic oxidation sites excluding steroid dienone is 1. The van der Waals surface area contributed by atoms with Crippen molar-refractivity contribution in [2.75, 3.05) is 0 Å². The van der Waals surface area contributed by atoms with Crippen LogP contribution in [0.4, 0.5) is 11.4 Å². The van der Waals surface area contributed by atoms with Gasteiger partial charge in [-0.25, -0.2) is 0 Å². The standard InChI is InChI=1S/C17H18N2O/c1-13(2)12-20-17-10-8-16(9-11-17)19-18-15-6-4-14(3)5-7-15/h4-12H,1-3H3. The fraction of sp³-hybridized carbons (Fsp3) is 0.176. The number of hydrogen-bond donors (Lipinski definition) is 0. The van der Waals surface area contributed by atoms with Gasteiger partial charge in [0.15, 0.2) is 0 Å². The summed E-state index contributed by atoms with van der Waals surface area (Å²) in [7, 11) is 0. The zero-order chi connectivity index (χ0) is 14.4. The summed E-state index contributed by atoms with van der Waals surface area (Å²) in [5.41, 5.74) is 3.98. The summed E-state index contributed by atoms with van der Waals surface area (Å²) in [6.45, 7) is 6.03. The quantitative estimate of drug-likeness (QED) is 0.515. The van der Waals surface area contributed by atoms with E-state index in [4.69, 9.17) is 4.74 Å². The SMILES string of the molecule is CC(C)=COc1ccc(N=Nc2ccc(C)cc2)cc1. The molecule has 2 rings (SSSR count). The normalized spacial score (nSPS) is 10.6. The Hall–Kier alpha value is -2.42. The van der Waals surface area contributed by atoms with Crippen molar-refractivity contribution in [2.45, 2.75) is 20.8 Å². The number of benzene rings is 2. The lowest BCUT2D eigenvalue weighted by atomic mass is 10.2. The predicted molar refractivity (Wildman–Crippen MR) is 81.9 cm³/mol. The highest BCUT2D eigenvalue weighted by Gasteiger charge is 1.94. The molecule has 0 unspecified atom stereocenters. The first-order valence-electron chi connectivity index (χ1n) is 6.52. The Labute approximate surface area is 119 Å². The third-order valence-corrected chi connectivity index (χ3v) is 2.58. The highest BCUT2D eigenvalue weighted by Crippen LogP contribution is 2.21. The molecule has 0 bridgehead atoms. The molecular weight excluding hydrogens is 248 g/mol. The Morgan fingerprint density at radius 3 is 1.85 bits per heavy atom. The number of aryl methyl sites for hydroxylation is 1. The zero-order valence-electron chi connectivity index (χ0n) is 12.0. The summed E-state index contributed by atoms with van der Waals surface area (Å²) in [6, 6.07) is 15.5. The molecule has 0 amide bonds. The molecule has 2 aromatic rings. The Morgan fingerprint density at radius 2 is 1.35 bits per heavy atom. The summed E-state index contributed by atoms with van der Waals surface area (Å²) in [5.74, 6) is 0.792. The van der Waals surface area contributed by atoms with Gasteiger partial charge in [0.05, 0.1) is 17.6 Å². The zero-order valence-corrected chi connectivity index (χ0v) is 12.0. The fourth-order valence-electron chi connectivity index (χ4n) is 1.50. The number of nitrogens with zero attached hydrogens (tertiary/aromatic N) is 2. The van der Waals surface area contributed by atoms with Crippen LogP contribution in [-0.2, 0) is 0 Å². The first-order chi connectivity index (χ1) is 9.63. The third-order valence-electron chi connectivity index (χ3n) is 2.58. The summed E-state index contributed by atoms with van der Waals surface area (Å²) in [4.78, 5) is 0.